The van der Waals surface area contributed by atoms with Crippen molar-refractivity contribution in [2.75, 3.05) is 12.4 Å². The summed E-state index contributed by atoms with van der Waals surface area (Å²) in [6.07, 6.45) is 4.80. The fourth-order valence-electron chi connectivity index (χ4n) is 3.49. The molecule has 2 rings (SSSR count). The van der Waals surface area contributed by atoms with Gasteiger partial charge in [-0.15, -0.1) is 0 Å². The maximum atomic E-state index is 12.6. The Kier molecular flexibility index (Phi) is 4.92. The van der Waals surface area contributed by atoms with Crippen LogP contribution in [0.1, 0.15) is 56.8 Å². The zero-order chi connectivity index (χ0) is 15.5. The molecule has 2 N–H and O–H groups in total. The van der Waals surface area contributed by atoms with Crippen LogP contribution in [0, 0.1) is 11.3 Å². The Hall–Kier alpha value is -1.51. The number of amides is 1. The van der Waals surface area contributed by atoms with Gasteiger partial charge in [-0.1, -0.05) is 45.7 Å². The van der Waals surface area contributed by atoms with E-state index >= 15 is 0 Å². The van der Waals surface area contributed by atoms with E-state index in [9.17, 15) is 4.79 Å². The first-order valence-electron chi connectivity index (χ1n) is 8.01. The molecule has 3 nitrogen and oxygen atoms in total. The SMILES string of the molecule is CNc1ccccc1C(=O)NC1CCCCC1C(C)(C)C. The van der Waals surface area contributed by atoms with Crippen molar-refractivity contribution in [2.45, 2.75) is 52.5 Å². The van der Waals surface area contributed by atoms with Gasteiger partial charge < -0.3 is 10.6 Å². The van der Waals surface area contributed by atoms with Crippen molar-refractivity contribution < 1.29 is 4.79 Å². The van der Waals surface area contributed by atoms with Gasteiger partial charge in [0.2, 0.25) is 0 Å². The Morgan fingerprint density at radius 3 is 2.48 bits per heavy atom. The first-order chi connectivity index (χ1) is 9.93. The predicted octanol–water partition coefficient (Wildman–Crippen LogP) is 4.06. The van der Waals surface area contributed by atoms with E-state index in [1.165, 1.54) is 19.3 Å². The van der Waals surface area contributed by atoms with Gasteiger partial charge in [0.05, 0.1) is 5.56 Å². The first-order valence-corrected chi connectivity index (χ1v) is 8.01. The molecule has 21 heavy (non-hydrogen) atoms. The zero-order valence-electron chi connectivity index (χ0n) is 13.7. The Morgan fingerprint density at radius 1 is 1.14 bits per heavy atom. The summed E-state index contributed by atoms with van der Waals surface area (Å²) in [4.78, 5) is 12.6. The van der Waals surface area contributed by atoms with Crippen LogP contribution < -0.4 is 10.6 Å². The Morgan fingerprint density at radius 2 is 1.81 bits per heavy atom. The lowest BCUT2D eigenvalue weighted by atomic mass is 9.69. The summed E-state index contributed by atoms with van der Waals surface area (Å²) in [5.41, 5.74) is 1.86. The van der Waals surface area contributed by atoms with Gasteiger partial charge in [-0.3, -0.25) is 4.79 Å². The van der Waals surface area contributed by atoms with Crippen LogP contribution in [0.5, 0.6) is 0 Å². The standard InChI is InChI=1S/C18H28N2O/c1-18(2,3)14-10-6-8-12-16(14)20-17(21)13-9-5-7-11-15(13)19-4/h5,7,9,11,14,16,19H,6,8,10,12H2,1-4H3,(H,20,21). The van der Waals surface area contributed by atoms with Crippen LogP contribution in [0.25, 0.3) is 0 Å². The van der Waals surface area contributed by atoms with E-state index in [1.54, 1.807) is 0 Å². The van der Waals surface area contributed by atoms with E-state index < -0.39 is 0 Å². The number of hydrogen-bond acceptors (Lipinski definition) is 2. The second-order valence-corrected chi connectivity index (χ2v) is 7.13. The summed E-state index contributed by atoms with van der Waals surface area (Å²) in [6, 6.07) is 7.97. The van der Waals surface area contributed by atoms with Gasteiger partial charge >= 0.3 is 0 Å². The molecule has 2 unspecified atom stereocenters. The molecule has 1 saturated carbocycles. The molecule has 0 bridgehead atoms. The van der Waals surface area contributed by atoms with E-state index in [2.05, 4.69) is 31.4 Å². The van der Waals surface area contributed by atoms with Gasteiger partial charge in [0, 0.05) is 18.8 Å². The third-order valence-corrected chi connectivity index (χ3v) is 4.64. The minimum absolute atomic E-state index is 0.0427. The summed E-state index contributed by atoms with van der Waals surface area (Å²) in [6.45, 7) is 6.84. The minimum Gasteiger partial charge on any atom is -0.387 e. The normalized spacial score (nSPS) is 22.7. The molecule has 2 atom stereocenters. The molecule has 1 amide bonds. The number of carbonyl (C=O) groups is 1. The molecular formula is C18H28N2O. The van der Waals surface area contributed by atoms with Crippen LogP contribution in [-0.4, -0.2) is 19.0 Å². The molecule has 0 radical (unpaired) electrons. The van der Waals surface area contributed by atoms with Crippen LogP contribution in [0.15, 0.2) is 24.3 Å². The van der Waals surface area contributed by atoms with Crippen molar-refractivity contribution in [3.63, 3.8) is 0 Å². The lowest BCUT2D eigenvalue weighted by Gasteiger charge is -2.40. The molecule has 0 aromatic heterocycles. The average Bonchev–Trinajstić information content (AvgIpc) is 2.46. The van der Waals surface area contributed by atoms with Gasteiger partial charge in [-0.2, -0.15) is 0 Å². The third kappa shape index (κ3) is 3.78. The molecule has 0 heterocycles. The zero-order valence-corrected chi connectivity index (χ0v) is 13.7. The lowest BCUT2D eigenvalue weighted by Crippen LogP contribution is -2.46. The van der Waals surface area contributed by atoms with Crippen LogP contribution >= 0.6 is 0 Å². The largest absolute Gasteiger partial charge is 0.387 e. The van der Waals surface area contributed by atoms with Crippen molar-refractivity contribution >= 4 is 11.6 Å². The molecule has 3 heteroatoms. The van der Waals surface area contributed by atoms with E-state index in [4.69, 9.17) is 0 Å². The molecule has 1 aliphatic carbocycles. The predicted molar refractivity (Wildman–Crippen MR) is 88.7 cm³/mol. The molecule has 1 aromatic rings. The highest BCUT2D eigenvalue weighted by atomic mass is 16.1. The number of benzene rings is 1. The highest BCUT2D eigenvalue weighted by Crippen LogP contribution is 2.38. The van der Waals surface area contributed by atoms with Gasteiger partial charge in [0.1, 0.15) is 0 Å². The summed E-state index contributed by atoms with van der Waals surface area (Å²) in [7, 11) is 1.85. The van der Waals surface area contributed by atoms with Crippen LogP contribution in [0.4, 0.5) is 5.69 Å². The summed E-state index contributed by atoms with van der Waals surface area (Å²) in [5.74, 6) is 0.595. The highest BCUT2D eigenvalue weighted by molar-refractivity contribution is 5.99. The first kappa shape index (κ1) is 15.9. The fraction of sp³-hybridized carbons (Fsp3) is 0.611. The van der Waals surface area contributed by atoms with Crippen molar-refractivity contribution in [3.8, 4) is 0 Å². The monoisotopic (exact) mass is 288 g/mol. The number of carbonyl (C=O) groups excluding carboxylic acids is 1. The Balaban J connectivity index is 2.14. The third-order valence-electron chi connectivity index (χ3n) is 4.64. The molecule has 0 aliphatic heterocycles. The van der Waals surface area contributed by atoms with Crippen LogP contribution in [-0.2, 0) is 0 Å². The van der Waals surface area contributed by atoms with Gasteiger partial charge in [-0.25, -0.2) is 0 Å². The van der Waals surface area contributed by atoms with Crippen molar-refractivity contribution in [2.24, 2.45) is 11.3 Å². The van der Waals surface area contributed by atoms with Gasteiger partial charge in [0.25, 0.3) is 5.91 Å². The van der Waals surface area contributed by atoms with E-state index in [0.717, 1.165) is 17.7 Å². The number of hydrogen-bond donors (Lipinski definition) is 2. The van der Waals surface area contributed by atoms with Crippen molar-refractivity contribution in [1.29, 1.82) is 0 Å². The van der Waals surface area contributed by atoms with E-state index in [1.807, 2.05) is 31.3 Å². The number of nitrogens with one attached hydrogen (secondary N) is 2. The van der Waals surface area contributed by atoms with Gasteiger partial charge in [-0.05, 0) is 36.3 Å². The van der Waals surface area contributed by atoms with Crippen LogP contribution in [0.2, 0.25) is 0 Å². The number of rotatable bonds is 3. The molecule has 116 valence electrons. The van der Waals surface area contributed by atoms with Gasteiger partial charge in [0.15, 0.2) is 0 Å². The molecule has 0 spiro atoms. The van der Waals surface area contributed by atoms with E-state index in [-0.39, 0.29) is 17.4 Å². The second kappa shape index (κ2) is 6.50. The van der Waals surface area contributed by atoms with Crippen molar-refractivity contribution in [3.05, 3.63) is 29.8 Å². The maximum Gasteiger partial charge on any atom is 0.253 e. The molecule has 0 saturated heterocycles. The smallest absolute Gasteiger partial charge is 0.253 e. The summed E-state index contributed by atoms with van der Waals surface area (Å²) in [5, 5.41) is 6.38. The fourth-order valence-corrected chi connectivity index (χ4v) is 3.49. The summed E-state index contributed by atoms with van der Waals surface area (Å²) >= 11 is 0. The average molecular weight is 288 g/mol. The summed E-state index contributed by atoms with van der Waals surface area (Å²) < 4.78 is 0. The number of para-hydroxylation sites is 1. The number of anilines is 1. The second-order valence-electron chi connectivity index (χ2n) is 7.13. The maximum absolute atomic E-state index is 12.6. The Labute approximate surface area is 128 Å². The van der Waals surface area contributed by atoms with E-state index in [0.29, 0.717) is 5.92 Å². The molecule has 1 aromatic carbocycles. The Bertz CT molecular complexity index is 490. The van der Waals surface area contributed by atoms with Crippen LogP contribution in [0.3, 0.4) is 0 Å². The quantitative estimate of drug-likeness (QED) is 0.880. The molecular weight excluding hydrogens is 260 g/mol. The molecule has 1 fully saturated rings. The highest BCUT2D eigenvalue weighted by Gasteiger charge is 2.35. The van der Waals surface area contributed by atoms with Crippen molar-refractivity contribution in [1.82, 2.24) is 5.32 Å². The topological polar surface area (TPSA) is 41.1 Å². The molecule has 1 aliphatic rings. The lowest BCUT2D eigenvalue weighted by molar-refractivity contribution is 0.0831. The minimum atomic E-state index is 0.0427.